The summed E-state index contributed by atoms with van der Waals surface area (Å²) in [6.45, 7) is 4.39. The van der Waals surface area contributed by atoms with E-state index in [4.69, 9.17) is 0 Å². The summed E-state index contributed by atoms with van der Waals surface area (Å²) >= 11 is 0. The van der Waals surface area contributed by atoms with Crippen molar-refractivity contribution in [3.8, 4) is 0 Å². The highest BCUT2D eigenvalue weighted by molar-refractivity contribution is 5.38. The highest BCUT2D eigenvalue weighted by atomic mass is 14.9. The number of rotatable bonds is 3. The predicted octanol–water partition coefficient (Wildman–Crippen LogP) is 4.68. The van der Waals surface area contributed by atoms with E-state index < -0.39 is 0 Å². The zero-order chi connectivity index (χ0) is 14.8. The fourth-order valence-corrected chi connectivity index (χ4v) is 3.70. The maximum absolute atomic E-state index is 3.58. The summed E-state index contributed by atoms with van der Waals surface area (Å²) in [5.74, 6) is 0.585. The number of benzene rings is 2. The van der Waals surface area contributed by atoms with Crippen LogP contribution in [0.1, 0.15) is 52.6 Å². The molecule has 2 aromatic rings. The van der Waals surface area contributed by atoms with Crippen LogP contribution >= 0.6 is 0 Å². The van der Waals surface area contributed by atoms with E-state index in [0.717, 1.165) is 0 Å². The largest absolute Gasteiger partial charge is 0.312 e. The van der Waals surface area contributed by atoms with Crippen LogP contribution in [0.5, 0.6) is 0 Å². The molecule has 0 saturated carbocycles. The zero-order valence-electron chi connectivity index (χ0n) is 13.3. The molecule has 0 fully saturated rings. The van der Waals surface area contributed by atoms with Gasteiger partial charge < -0.3 is 5.32 Å². The van der Waals surface area contributed by atoms with Crippen LogP contribution in [0.4, 0.5) is 0 Å². The highest BCUT2D eigenvalue weighted by Gasteiger charge is 2.27. The van der Waals surface area contributed by atoms with Crippen LogP contribution in [0, 0.1) is 13.8 Å². The summed E-state index contributed by atoms with van der Waals surface area (Å²) in [6, 6.07) is 16.3. The summed E-state index contributed by atoms with van der Waals surface area (Å²) < 4.78 is 0. The fourth-order valence-electron chi connectivity index (χ4n) is 3.70. The van der Waals surface area contributed by atoms with Gasteiger partial charge in [-0.3, -0.25) is 0 Å². The molecule has 21 heavy (non-hydrogen) atoms. The first-order valence-electron chi connectivity index (χ1n) is 8.03. The van der Waals surface area contributed by atoms with Gasteiger partial charge in [-0.15, -0.1) is 0 Å². The van der Waals surface area contributed by atoms with E-state index in [-0.39, 0.29) is 0 Å². The minimum atomic E-state index is 0.408. The second-order valence-electron chi connectivity index (χ2n) is 6.31. The lowest BCUT2D eigenvalue weighted by molar-refractivity contribution is 0.425. The van der Waals surface area contributed by atoms with Gasteiger partial charge in [-0.25, -0.2) is 0 Å². The molecule has 2 aromatic carbocycles. The Morgan fingerprint density at radius 2 is 1.86 bits per heavy atom. The van der Waals surface area contributed by atoms with Gasteiger partial charge in [-0.1, -0.05) is 42.5 Å². The van der Waals surface area contributed by atoms with Crippen LogP contribution in [-0.2, 0) is 6.42 Å². The topological polar surface area (TPSA) is 12.0 Å². The number of hydrogen-bond donors (Lipinski definition) is 1. The van der Waals surface area contributed by atoms with E-state index >= 15 is 0 Å². The lowest BCUT2D eigenvalue weighted by atomic mass is 9.76. The predicted molar refractivity (Wildman–Crippen MR) is 89.8 cm³/mol. The summed E-state index contributed by atoms with van der Waals surface area (Å²) in [5, 5.41) is 3.58. The van der Waals surface area contributed by atoms with E-state index in [0.29, 0.717) is 12.0 Å². The van der Waals surface area contributed by atoms with E-state index in [1.54, 1.807) is 5.56 Å². The summed E-state index contributed by atoms with van der Waals surface area (Å²) in [6.07, 6.45) is 3.80. The van der Waals surface area contributed by atoms with Crippen LogP contribution in [0.3, 0.4) is 0 Å². The average molecular weight is 279 g/mol. The molecule has 0 radical (unpaired) electrons. The lowest BCUT2D eigenvalue weighted by Gasteiger charge is -2.33. The van der Waals surface area contributed by atoms with Gasteiger partial charge in [0.2, 0.25) is 0 Å². The van der Waals surface area contributed by atoms with Crippen LogP contribution in [0.15, 0.2) is 42.5 Å². The minimum absolute atomic E-state index is 0.408. The molecular weight excluding hydrogens is 254 g/mol. The molecule has 0 amide bonds. The third kappa shape index (κ3) is 2.75. The van der Waals surface area contributed by atoms with Crippen molar-refractivity contribution >= 4 is 0 Å². The molecular formula is C20H25N. The Labute approximate surface area is 128 Å². The Hall–Kier alpha value is -1.60. The van der Waals surface area contributed by atoms with Crippen LogP contribution in [0.2, 0.25) is 0 Å². The van der Waals surface area contributed by atoms with Crippen molar-refractivity contribution in [1.29, 1.82) is 0 Å². The highest BCUT2D eigenvalue weighted by Crippen LogP contribution is 2.40. The SMILES string of the molecule is CNC(c1ccc(C)c(C)c1)C1CCCc2ccccc21. The van der Waals surface area contributed by atoms with Gasteiger partial charge in [0.15, 0.2) is 0 Å². The second-order valence-corrected chi connectivity index (χ2v) is 6.31. The first-order valence-corrected chi connectivity index (χ1v) is 8.03. The Balaban J connectivity index is 1.99. The number of nitrogens with one attached hydrogen (secondary N) is 1. The minimum Gasteiger partial charge on any atom is -0.312 e. The van der Waals surface area contributed by atoms with Crippen LogP contribution in [-0.4, -0.2) is 7.05 Å². The second kappa shape index (κ2) is 6.03. The molecule has 3 rings (SSSR count). The third-order valence-electron chi connectivity index (χ3n) is 5.02. The molecule has 0 spiro atoms. The van der Waals surface area contributed by atoms with Gasteiger partial charge in [-0.05, 0) is 68.0 Å². The number of hydrogen-bond acceptors (Lipinski definition) is 1. The molecule has 2 unspecified atom stereocenters. The summed E-state index contributed by atoms with van der Waals surface area (Å²) in [4.78, 5) is 0. The molecule has 110 valence electrons. The van der Waals surface area contributed by atoms with Gasteiger partial charge in [0, 0.05) is 12.0 Å². The molecule has 0 heterocycles. The van der Waals surface area contributed by atoms with Gasteiger partial charge in [0.1, 0.15) is 0 Å². The van der Waals surface area contributed by atoms with Gasteiger partial charge >= 0.3 is 0 Å². The lowest BCUT2D eigenvalue weighted by Crippen LogP contribution is -2.26. The van der Waals surface area contributed by atoms with E-state index in [1.807, 2.05) is 0 Å². The standard InChI is InChI=1S/C20H25N/c1-14-11-12-17(13-15(14)2)20(21-3)19-10-6-8-16-7-4-5-9-18(16)19/h4-5,7,9,11-13,19-21H,6,8,10H2,1-3H3. The van der Waals surface area contributed by atoms with Crippen molar-refractivity contribution in [2.45, 2.75) is 45.1 Å². The summed E-state index contributed by atoms with van der Waals surface area (Å²) in [7, 11) is 2.09. The molecule has 1 heteroatoms. The number of aryl methyl sites for hydroxylation is 3. The Kier molecular flexibility index (Phi) is 4.12. The van der Waals surface area contributed by atoms with Crippen molar-refractivity contribution in [3.63, 3.8) is 0 Å². The Morgan fingerprint density at radius 1 is 1.05 bits per heavy atom. The van der Waals surface area contributed by atoms with Crippen molar-refractivity contribution in [2.75, 3.05) is 7.05 Å². The molecule has 1 aliphatic rings. The van der Waals surface area contributed by atoms with Crippen LogP contribution < -0.4 is 5.32 Å². The maximum Gasteiger partial charge on any atom is 0.0387 e. The monoisotopic (exact) mass is 279 g/mol. The Bertz CT molecular complexity index is 629. The number of likely N-dealkylation sites (N-methyl/N-ethyl adjacent to an activating group) is 1. The van der Waals surface area contributed by atoms with Gasteiger partial charge in [-0.2, -0.15) is 0 Å². The smallest absolute Gasteiger partial charge is 0.0387 e. The van der Waals surface area contributed by atoms with E-state index in [2.05, 4.69) is 68.7 Å². The molecule has 1 N–H and O–H groups in total. The van der Waals surface area contributed by atoms with Gasteiger partial charge in [0.05, 0.1) is 0 Å². The first-order chi connectivity index (χ1) is 10.2. The first kappa shape index (κ1) is 14.3. The maximum atomic E-state index is 3.58. The van der Waals surface area contributed by atoms with Crippen molar-refractivity contribution in [2.24, 2.45) is 0 Å². The fraction of sp³-hybridized carbons (Fsp3) is 0.400. The normalized spacial score (nSPS) is 19.1. The zero-order valence-corrected chi connectivity index (χ0v) is 13.3. The van der Waals surface area contributed by atoms with Crippen molar-refractivity contribution in [3.05, 3.63) is 70.3 Å². The molecule has 1 aliphatic carbocycles. The van der Waals surface area contributed by atoms with Crippen molar-refractivity contribution < 1.29 is 0 Å². The quantitative estimate of drug-likeness (QED) is 0.860. The number of fused-ring (bicyclic) bond motifs is 1. The Morgan fingerprint density at radius 3 is 2.62 bits per heavy atom. The van der Waals surface area contributed by atoms with E-state index in [1.165, 1.54) is 41.5 Å². The van der Waals surface area contributed by atoms with Crippen molar-refractivity contribution in [1.82, 2.24) is 5.32 Å². The molecule has 1 nitrogen and oxygen atoms in total. The average Bonchev–Trinajstić information content (AvgIpc) is 2.52. The van der Waals surface area contributed by atoms with E-state index in [9.17, 15) is 0 Å². The third-order valence-corrected chi connectivity index (χ3v) is 5.02. The summed E-state index contributed by atoms with van der Waals surface area (Å²) in [5.41, 5.74) is 7.26. The molecule has 0 saturated heterocycles. The molecule has 0 aromatic heterocycles. The van der Waals surface area contributed by atoms with Gasteiger partial charge in [0.25, 0.3) is 0 Å². The molecule has 0 aliphatic heterocycles. The molecule has 0 bridgehead atoms. The van der Waals surface area contributed by atoms with Crippen LogP contribution in [0.25, 0.3) is 0 Å². The molecule has 2 atom stereocenters.